The van der Waals surface area contributed by atoms with Gasteiger partial charge in [0.25, 0.3) is 0 Å². The Bertz CT molecular complexity index is 2210. The molecule has 0 aromatic heterocycles. The number of rotatable bonds is 21. The molecule has 7 rings (SSSR count). The first-order valence-electron chi connectivity index (χ1n) is 23.1. The largest absolute Gasteiger partial charge is 0.497 e. The van der Waals surface area contributed by atoms with Crippen molar-refractivity contribution in [3.8, 4) is 28.7 Å². The van der Waals surface area contributed by atoms with Crippen LogP contribution in [-0.2, 0) is 25.5 Å². The molecule has 0 radical (unpaired) electrons. The topological polar surface area (TPSA) is 176 Å². The van der Waals surface area contributed by atoms with Crippen LogP contribution in [0.2, 0.25) is 0 Å². The predicted octanol–water partition coefficient (Wildman–Crippen LogP) is 8.18. The first kappa shape index (κ1) is 48.3. The van der Waals surface area contributed by atoms with Crippen LogP contribution in [0.4, 0.5) is 10.5 Å². The number of hydrogen-bond acceptors (Lipinski definition) is 13. The lowest BCUT2D eigenvalue weighted by Crippen LogP contribution is -2.69. The van der Waals surface area contributed by atoms with Crippen molar-refractivity contribution in [3.05, 3.63) is 96.1 Å². The van der Waals surface area contributed by atoms with E-state index < -0.39 is 30.1 Å². The Balaban J connectivity index is 1.36. The summed E-state index contributed by atoms with van der Waals surface area (Å²) in [5.41, 5.74) is 3.54. The zero-order valence-corrected chi connectivity index (χ0v) is 38.6. The van der Waals surface area contributed by atoms with Crippen molar-refractivity contribution in [2.45, 2.75) is 94.7 Å². The molecule has 2 fully saturated rings. The van der Waals surface area contributed by atoms with Gasteiger partial charge >= 0.3 is 6.09 Å². The van der Waals surface area contributed by atoms with E-state index in [1.54, 1.807) is 62.6 Å². The lowest BCUT2D eigenvalue weighted by Gasteiger charge is -2.59. The summed E-state index contributed by atoms with van der Waals surface area (Å²) in [6.45, 7) is 4.84. The molecule has 3 aromatic carbocycles. The monoisotopic (exact) mass is 911 g/mol. The van der Waals surface area contributed by atoms with Crippen molar-refractivity contribution in [3.63, 3.8) is 0 Å². The molecule has 0 bridgehead atoms. The molecule has 2 aliphatic carbocycles. The summed E-state index contributed by atoms with van der Waals surface area (Å²) in [4.78, 5) is 36.2. The van der Waals surface area contributed by atoms with Crippen molar-refractivity contribution in [2.75, 3.05) is 60.1 Å². The van der Waals surface area contributed by atoms with Gasteiger partial charge in [-0.1, -0.05) is 42.3 Å². The number of aliphatic hydroxyl groups excluding tert-OH is 2. The molecule has 0 spiro atoms. The van der Waals surface area contributed by atoms with Crippen LogP contribution in [0.3, 0.4) is 0 Å². The van der Waals surface area contributed by atoms with Crippen LogP contribution >= 0.6 is 0 Å². The SMILES string of the molecule is C=CCOC12Oc3ccc(OC(=O)Nc4ccc(OC)cc4OC)cc3C3C(CCCCO)C(CCCCO)C=C(C(=NOC4CCCCO4)CC1N(C)C(=O)Cc1cccc(OC)c1)C32. The number of methoxy groups -OCH3 is 3. The van der Waals surface area contributed by atoms with Crippen LogP contribution in [0.5, 0.6) is 28.7 Å². The van der Waals surface area contributed by atoms with Crippen molar-refractivity contribution < 1.29 is 57.8 Å². The molecular formula is C51H65N3O12. The van der Waals surface area contributed by atoms with Crippen LogP contribution in [0.1, 0.15) is 81.3 Å². The molecule has 7 atom stereocenters. The summed E-state index contributed by atoms with van der Waals surface area (Å²) in [6.07, 6.45) is 9.95. The number of benzene rings is 3. The van der Waals surface area contributed by atoms with Gasteiger partial charge in [-0.25, -0.2) is 4.79 Å². The highest BCUT2D eigenvalue weighted by molar-refractivity contribution is 6.03. The Labute approximate surface area is 387 Å². The normalized spacial score (nSPS) is 24.7. The molecule has 2 aliphatic heterocycles. The molecule has 15 heteroatoms. The first-order valence-corrected chi connectivity index (χ1v) is 23.1. The van der Waals surface area contributed by atoms with Gasteiger partial charge in [-0.05, 0) is 104 Å². The van der Waals surface area contributed by atoms with Gasteiger partial charge in [0, 0.05) is 50.7 Å². The Morgan fingerprint density at radius 1 is 0.939 bits per heavy atom. The molecule has 7 unspecified atom stereocenters. The summed E-state index contributed by atoms with van der Waals surface area (Å²) in [5, 5.41) is 27.6. The number of ether oxygens (including phenoxy) is 7. The molecule has 1 saturated carbocycles. The number of carbonyl (C=O) groups excluding carboxylic acids is 2. The number of aliphatic hydroxyl groups is 2. The number of hydrogen-bond donors (Lipinski definition) is 3. The minimum Gasteiger partial charge on any atom is -0.497 e. The standard InChI is InChI=1S/C51H65N3O12/c1-6-25-63-51-45(54(2)46(57)28-33-14-13-16-35(27-33)59-3)32-42(53-66-47-18-9-12-26-62-47)39-29-34(15-7-10-23-55)38(17-8-11-24-56)48(49(39)51)40-30-37(20-22-43(40)65-51)64-50(58)52-41-21-19-36(60-4)31-44(41)61-5/h6,13-14,16,19-22,27,29-31,34,38,45,47-49,55-56H,1,7-12,15,17-18,23-26,28,32H2,2-5H3,(H,52,58). The number of nitrogens with one attached hydrogen (secondary N) is 1. The Kier molecular flexibility index (Phi) is 16.6. The maximum absolute atomic E-state index is 14.6. The number of amides is 2. The second-order valence-corrected chi connectivity index (χ2v) is 17.3. The van der Waals surface area contributed by atoms with Crippen LogP contribution in [0, 0.1) is 17.8 Å². The fraction of sp³-hybridized carbons (Fsp3) is 0.510. The Hall–Kier alpha value is -5.61. The van der Waals surface area contributed by atoms with Crippen LogP contribution < -0.4 is 29.0 Å². The lowest BCUT2D eigenvalue weighted by atomic mass is 9.55. The van der Waals surface area contributed by atoms with Crippen molar-refractivity contribution in [1.29, 1.82) is 0 Å². The number of carbonyl (C=O) groups is 2. The number of fused-ring (bicyclic) bond motifs is 2. The highest BCUT2D eigenvalue weighted by atomic mass is 16.8. The molecule has 3 aromatic rings. The van der Waals surface area contributed by atoms with E-state index in [4.69, 9.17) is 43.2 Å². The number of likely N-dealkylation sites (N-methyl/N-ethyl adjacent to an activating group) is 1. The third-order valence-corrected chi connectivity index (χ3v) is 13.3. The average molecular weight is 912 g/mol. The zero-order valence-electron chi connectivity index (χ0n) is 38.6. The van der Waals surface area contributed by atoms with Crippen molar-refractivity contribution >= 4 is 23.4 Å². The van der Waals surface area contributed by atoms with Gasteiger partial charge in [0.1, 0.15) is 34.8 Å². The molecule has 4 aliphatic rings. The minimum absolute atomic E-state index is 0.00469. The highest BCUT2D eigenvalue weighted by Gasteiger charge is 2.65. The van der Waals surface area contributed by atoms with Gasteiger partial charge in [0.05, 0.1) is 58.3 Å². The highest BCUT2D eigenvalue weighted by Crippen LogP contribution is 2.62. The number of oxime groups is 1. The van der Waals surface area contributed by atoms with Crippen LogP contribution in [0.15, 0.2) is 90.1 Å². The molecule has 356 valence electrons. The van der Waals surface area contributed by atoms with E-state index in [9.17, 15) is 19.8 Å². The molecule has 66 heavy (non-hydrogen) atoms. The Morgan fingerprint density at radius 3 is 2.44 bits per heavy atom. The van der Waals surface area contributed by atoms with E-state index in [0.29, 0.717) is 60.3 Å². The van der Waals surface area contributed by atoms with E-state index in [1.165, 1.54) is 7.11 Å². The average Bonchev–Trinajstić information content (AvgIpc) is 3.34. The molecular weight excluding hydrogens is 847 g/mol. The third-order valence-electron chi connectivity index (χ3n) is 13.3. The zero-order chi connectivity index (χ0) is 46.6. The fourth-order valence-electron chi connectivity index (χ4n) is 10.1. The fourth-order valence-corrected chi connectivity index (χ4v) is 10.1. The molecule has 3 N–H and O–H groups in total. The maximum atomic E-state index is 14.6. The minimum atomic E-state index is -1.45. The van der Waals surface area contributed by atoms with Crippen molar-refractivity contribution in [1.82, 2.24) is 4.90 Å². The molecule has 1 saturated heterocycles. The second kappa shape index (κ2) is 22.7. The van der Waals surface area contributed by atoms with E-state index in [1.807, 2.05) is 30.3 Å². The van der Waals surface area contributed by atoms with Gasteiger partial charge in [0.15, 0.2) is 0 Å². The first-order chi connectivity index (χ1) is 32.2. The van der Waals surface area contributed by atoms with Crippen molar-refractivity contribution in [2.24, 2.45) is 22.9 Å². The third kappa shape index (κ3) is 10.8. The number of allylic oxidation sites excluding steroid dienone is 1. The van der Waals surface area contributed by atoms with Gasteiger partial charge in [-0.3, -0.25) is 10.1 Å². The summed E-state index contributed by atoms with van der Waals surface area (Å²) in [6, 6.07) is 17.1. The summed E-state index contributed by atoms with van der Waals surface area (Å²) < 4.78 is 42.6. The van der Waals surface area contributed by atoms with Gasteiger partial charge < -0.3 is 53.1 Å². The van der Waals surface area contributed by atoms with Gasteiger partial charge in [0.2, 0.25) is 18.0 Å². The van der Waals surface area contributed by atoms with E-state index in [-0.39, 0.29) is 62.1 Å². The lowest BCUT2D eigenvalue weighted by molar-refractivity contribution is -0.255. The number of nitrogens with zero attached hydrogens (tertiary/aromatic N) is 2. The van der Waals surface area contributed by atoms with E-state index >= 15 is 0 Å². The predicted molar refractivity (Wildman–Crippen MR) is 248 cm³/mol. The molecule has 15 nitrogen and oxygen atoms in total. The maximum Gasteiger partial charge on any atom is 0.417 e. The summed E-state index contributed by atoms with van der Waals surface area (Å²) >= 11 is 0. The number of unbranched alkanes of at least 4 members (excludes halogenated alkanes) is 2. The number of anilines is 1. The Morgan fingerprint density at radius 2 is 1.71 bits per heavy atom. The smallest absolute Gasteiger partial charge is 0.417 e. The quantitative estimate of drug-likeness (QED) is 0.0532. The molecule has 2 heterocycles. The van der Waals surface area contributed by atoms with E-state index in [0.717, 1.165) is 55.2 Å². The van der Waals surface area contributed by atoms with Crippen LogP contribution in [-0.4, -0.2) is 106 Å². The van der Waals surface area contributed by atoms with Crippen LogP contribution in [0.25, 0.3) is 0 Å². The second-order valence-electron chi connectivity index (χ2n) is 17.3. The van der Waals surface area contributed by atoms with Gasteiger partial charge in [-0.15, -0.1) is 6.58 Å². The summed E-state index contributed by atoms with van der Waals surface area (Å²) in [5.74, 6) is -0.0956. The summed E-state index contributed by atoms with van der Waals surface area (Å²) in [7, 11) is 6.43. The molecule has 2 amide bonds. The van der Waals surface area contributed by atoms with E-state index in [2.05, 4.69) is 18.0 Å². The van der Waals surface area contributed by atoms with Gasteiger partial charge in [-0.2, -0.15) is 0 Å².